The Kier molecular flexibility index (Phi) is 3.89. The Bertz CT molecular complexity index is 92.0. The smallest absolute Gasteiger partial charge is 2.00 e. The Labute approximate surface area is 65.6 Å². The minimum absolute atomic E-state index is 0. The van der Waals surface area contributed by atoms with E-state index in [1.807, 2.05) is 0 Å². The standard InChI is InChI=1S/C4H6O2.S.Sn/c1-3-4(5)6-2;;/h3H,1H2,2H3;;/q;-2;+2. The van der Waals surface area contributed by atoms with Crippen LogP contribution in [0.2, 0.25) is 8.37 Å². The average Bonchev–Trinajstić information content (AvgIpc) is 2.44. The molecule has 0 saturated carbocycles. The molecule has 1 atom stereocenters. The van der Waals surface area contributed by atoms with Crippen molar-refractivity contribution in [2.24, 2.45) is 0 Å². The summed E-state index contributed by atoms with van der Waals surface area (Å²) >= 11 is -0.173. The Balaban J connectivity index is 0.000000490. The van der Waals surface area contributed by atoms with E-state index in [1.54, 1.807) is 0 Å². The predicted molar refractivity (Wildman–Crippen MR) is 33.7 cm³/mol. The molecule has 0 aromatic rings. The van der Waals surface area contributed by atoms with Crippen molar-refractivity contribution >= 4 is 40.6 Å². The van der Waals surface area contributed by atoms with E-state index in [-0.39, 0.29) is 40.6 Å². The molecule has 0 aromatic carbocycles. The molecule has 0 radical (unpaired) electrons. The first-order valence-electron chi connectivity index (χ1n) is 2.16. The van der Waals surface area contributed by atoms with Gasteiger partial charge in [-0.2, -0.15) is 0 Å². The molecule has 1 heterocycles. The third kappa shape index (κ3) is 2.26. The zero-order valence-corrected chi connectivity index (χ0v) is 8.18. The van der Waals surface area contributed by atoms with E-state index >= 15 is 0 Å². The van der Waals surface area contributed by atoms with Gasteiger partial charge in [0.15, 0.2) is 0 Å². The van der Waals surface area contributed by atoms with Gasteiger partial charge in [0, 0.05) is 0 Å². The molecule has 8 heavy (non-hydrogen) atoms. The molecular weight excluding hydrogens is 231 g/mol. The van der Waals surface area contributed by atoms with Crippen LogP contribution in [-0.4, -0.2) is 34.2 Å². The molecule has 1 fully saturated rings. The van der Waals surface area contributed by atoms with E-state index in [1.165, 1.54) is 11.5 Å². The molecule has 0 bridgehead atoms. The Morgan fingerprint density at radius 1 is 1.88 bits per heavy atom. The number of ether oxygens (including phenoxy) is 1. The van der Waals surface area contributed by atoms with Gasteiger partial charge in [-0.3, -0.25) is 0 Å². The SMILES string of the molecule is COC(=O)[CH]1[CH2][Sn+2]1.[S-2]. The summed E-state index contributed by atoms with van der Waals surface area (Å²) in [6, 6.07) is 0. The molecule has 1 aliphatic heterocycles. The first-order chi connectivity index (χ1) is 3.34. The second-order valence-corrected chi connectivity index (χ2v) is 5.80. The van der Waals surface area contributed by atoms with Gasteiger partial charge < -0.3 is 13.5 Å². The van der Waals surface area contributed by atoms with Crippen LogP contribution in [0.3, 0.4) is 0 Å². The first kappa shape index (κ1) is 8.62. The van der Waals surface area contributed by atoms with E-state index in [0.29, 0.717) is 3.93 Å². The van der Waals surface area contributed by atoms with Crippen molar-refractivity contribution in [2.75, 3.05) is 7.11 Å². The van der Waals surface area contributed by atoms with Gasteiger partial charge >= 0.3 is 52.1 Å². The molecule has 0 N–H and O–H groups in total. The minimum atomic E-state index is -0.173. The summed E-state index contributed by atoms with van der Waals surface area (Å²) in [5, 5.41) is 0. The average molecular weight is 237 g/mol. The largest absolute Gasteiger partial charge is 2.00 e. The van der Waals surface area contributed by atoms with Crippen LogP contribution in [0, 0.1) is 0 Å². The van der Waals surface area contributed by atoms with Crippen LogP contribution >= 0.6 is 0 Å². The van der Waals surface area contributed by atoms with Gasteiger partial charge in [0.05, 0.1) is 0 Å². The van der Waals surface area contributed by atoms with Gasteiger partial charge in [-0.25, -0.2) is 0 Å². The van der Waals surface area contributed by atoms with E-state index in [2.05, 4.69) is 4.74 Å². The minimum Gasteiger partial charge on any atom is -2.00 e. The van der Waals surface area contributed by atoms with Gasteiger partial charge in [-0.1, -0.05) is 0 Å². The summed E-state index contributed by atoms with van der Waals surface area (Å²) in [7, 11) is 1.46. The van der Waals surface area contributed by atoms with E-state index in [9.17, 15) is 4.79 Å². The van der Waals surface area contributed by atoms with Gasteiger partial charge in [0.1, 0.15) is 0 Å². The van der Waals surface area contributed by atoms with Crippen LogP contribution in [0.4, 0.5) is 0 Å². The van der Waals surface area contributed by atoms with Crippen LogP contribution in [-0.2, 0) is 23.0 Å². The van der Waals surface area contributed by atoms with Crippen molar-refractivity contribution in [3.63, 3.8) is 0 Å². The fourth-order valence-electron chi connectivity index (χ4n) is 0.368. The molecule has 0 aliphatic carbocycles. The monoisotopic (exact) mass is 238 g/mol. The fraction of sp³-hybridized carbons (Fsp3) is 0.750. The normalized spacial score (nSPS) is 21.4. The number of carbonyl (C=O) groups excluding carboxylic acids is 1. The summed E-state index contributed by atoms with van der Waals surface area (Å²) in [5.41, 5.74) is 0. The second-order valence-electron chi connectivity index (χ2n) is 1.48. The van der Waals surface area contributed by atoms with Crippen LogP contribution in [0.15, 0.2) is 0 Å². The number of methoxy groups -OCH3 is 1. The van der Waals surface area contributed by atoms with Crippen molar-refractivity contribution in [2.45, 2.75) is 8.37 Å². The quantitative estimate of drug-likeness (QED) is 0.476. The molecule has 1 rings (SSSR count). The molecule has 0 amide bonds. The molecule has 1 aliphatic rings. The Morgan fingerprint density at radius 3 is 2.50 bits per heavy atom. The van der Waals surface area contributed by atoms with Crippen LogP contribution in [0.25, 0.3) is 0 Å². The summed E-state index contributed by atoms with van der Waals surface area (Å²) in [6.07, 6.45) is 0. The summed E-state index contributed by atoms with van der Waals surface area (Å²) in [6.45, 7) is 0. The fourth-order valence-corrected chi connectivity index (χ4v) is 1.99. The maximum atomic E-state index is 10.4. The van der Waals surface area contributed by atoms with Gasteiger partial charge in [-0.15, -0.1) is 0 Å². The van der Waals surface area contributed by atoms with Gasteiger partial charge in [0.2, 0.25) is 0 Å². The topological polar surface area (TPSA) is 26.3 Å². The van der Waals surface area contributed by atoms with Crippen molar-refractivity contribution in [1.29, 1.82) is 0 Å². The molecule has 0 spiro atoms. The number of hydrogen-bond donors (Lipinski definition) is 0. The van der Waals surface area contributed by atoms with Crippen LogP contribution in [0.5, 0.6) is 0 Å². The zero-order valence-electron chi connectivity index (χ0n) is 4.51. The van der Waals surface area contributed by atoms with Crippen molar-refractivity contribution in [3.05, 3.63) is 0 Å². The number of carbonyl (C=O) groups is 1. The van der Waals surface area contributed by atoms with E-state index < -0.39 is 0 Å². The summed E-state index contributed by atoms with van der Waals surface area (Å²) < 4.78 is 6.11. The van der Waals surface area contributed by atoms with Crippen molar-refractivity contribution in [1.82, 2.24) is 0 Å². The number of hydrogen-bond acceptors (Lipinski definition) is 2. The van der Waals surface area contributed by atoms with Gasteiger partial charge in [-0.05, 0) is 0 Å². The Morgan fingerprint density at radius 2 is 2.38 bits per heavy atom. The zero-order chi connectivity index (χ0) is 5.28. The van der Waals surface area contributed by atoms with Crippen LogP contribution in [0.1, 0.15) is 0 Å². The van der Waals surface area contributed by atoms with E-state index in [0.717, 1.165) is 0 Å². The van der Waals surface area contributed by atoms with E-state index in [4.69, 9.17) is 0 Å². The molecule has 2 nitrogen and oxygen atoms in total. The molecule has 0 aromatic heterocycles. The van der Waals surface area contributed by atoms with Crippen LogP contribution < -0.4 is 0 Å². The molecule has 1 unspecified atom stereocenters. The number of esters is 1. The Hall–Kier alpha value is 0.619. The maximum Gasteiger partial charge on any atom is -2.00 e. The summed E-state index contributed by atoms with van der Waals surface area (Å²) in [4.78, 5) is 10.4. The third-order valence-corrected chi connectivity index (χ3v) is 3.90. The van der Waals surface area contributed by atoms with Gasteiger partial charge in [0.25, 0.3) is 0 Å². The predicted octanol–water partition coefficient (Wildman–Crippen LogP) is 0.0816. The van der Waals surface area contributed by atoms with Crippen molar-refractivity contribution < 1.29 is 9.53 Å². The third-order valence-electron chi connectivity index (χ3n) is 0.894. The number of rotatable bonds is 1. The van der Waals surface area contributed by atoms with Crippen molar-refractivity contribution in [3.8, 4) is 0 Å². The maximum absolute atomic E-state index is 10.4. The molecule has 1 saturated heterocycles. The first-order valence-corrected chi connectivity index (χ1v) is 5.82. The second kappa shape index (κ2) is 3.61. The molecule has 4 heteroatoms. The molecule has 44 valence electrons. The molecular formula is C4H6O2SSn. The summed E-state index contributed by atoms with van der Waals surface area (Å²) in [5.74, 6) is 0.0339.